The maximum absolute atomic E-state index is 6.21. The van der Waals surface area contributed by atoms with Crippen LogP contribution in [0, 0.1) is 23.7 Å². The van der Waals surface area contributed by atoms with Crippen molar-refractivity contribution in [3.05, 3.63) is 47.2 Å². The number of nitrogens with one attached hydrogen (secondary N) is 1. The first-order chi connectivity index (χ1) is 14.5. The topological polar surface area (TPSA) is 51.2 Å². The van der Waals surface area contributed by atoms with Gasteiger partial charge in [-0.3, -0.25) is 0 Å². The molecule has 0 saturated heterocycles. The predicted octanol–water partition coefficient (Wildman–Crippen LogP) is 6.65. The zero-order valence-electron chi connectivity index (χ0n) is 18.4. The fourth-order valence-corrected chi connectivity index (χ4v) is 5.84. The van der Waals surface area contributed by atoms with E-state index in [0.29, 0.717) is 18.0 Å². The molecular formula is C26H37ClN2O. The number of rotatable bonds is 6. The second kappa shape index (κ2) is 9.89. The molecule has 6 unspecified atom stereocenters. The van der Waals surface area contributed by atoms with Crippen molar-refractivity contribution in [1.82, 2.24) is 5.32 Å². The Morgan fingerprint density at radius 1 is 0.933 bits per heavy atom. The molecule has 164 valence electrons. The summed E-state index contributed by atoms with van der Waals surface area (Å²) < 4.78 is 6.06. The zero-order valence-corrected chi connectivity index (χ0v) is 19.2. The first kappa shape index (κ1) is 21.9. The van der Waals surface area contributed by atoms with E-state index in [-0.39, 0.29) is 0 Å². The van der Waals surface area contributed by atoms with Crippen molar-refractivity contribution in [2.75, 3.05) is 0 Å². The maximum Gasteiger partial charge on any atom is 0.134 e. The summed E-state index contributed by atoms with van der Waals surface area (Å²) in [7, 11) is 0. The molecule has 1 heterocycles. The number of halogens is 1. The summed E-state index contributed by atoms with van der Waals surface area (Å²) in [4.78, 5) is 0. The van der Waals surface area contributed by atoms with E-state index in [0.717, 1.165) is 46.4 Å². The molecule has 0 bridgehead atoms. The van der Waals surface area contributed by atoms with Crippen molar-refractivity contribution in [1.29, 1.82) is 0 Å². The van der Waals surface area contributed by atoms with Gasteiger partial charge < -0.3 is 15.5 Å². The molecular weight excluding hydrogens is 392 g/mol. The SMILES string of the molecule is CC1CC(CC2CCC(NCc3ccc(-c4ccc(Cl)cc4)o3)C(C)C2)CCC1N. The molecule has 4 rings (SSSR count). The molecule has 2 aliphatic rings. The molecule has 3 nitrogen and oxygen atoms in total. The van der Waals surface area contributed by atoms with Crippen LogP contribution in [0.4, 0.5) is 0 Å². The van der Waals surface area contributed by atoms with Gasteiger partial charge in [0.2, 0.25) is 0 Å². The Labute approximate surface area is 186 Å². The first-order valence-corrected chi connectivity index (χ1v) is 12.2. The van der Waals surface area contributed by atoms with Gasteiger partial charge in [-0.05, 0) is 105 Å². The highest BCUT2D eigenvalue weighted by atomic mass is 35.5. The van der Waals surface area contributed by atoms with Crippen molar-refractivity contribution in [2.24, 2.45) is 29.4 Å². The lowest BCUT2D eigenvalue weighted by molar-refractivity contribution is 0.156. The summed E-state index contributed by atoms with van der Waals surface area (Å²) in [6, 6.07) is 13.0. The third kappa shape index (κ3) is 5.49. The van der Waals surface area contributed by atoms with Gasteiger partial charge in [0.15, 0.2) is 0 Å². The highest BCUT2D eigenvalue weighted by molar-refractivity contribution is 6.30. The van der Waals surface area contributed by atoms with Crippen LogP contribution < -0.4 is 11.1 Å². The molecule has 0 aliphatic heterocycles. The van der Waals surface area contributed by atoms with E-state index in [1.165, 1.54) is 44.9 Å². The quantitative estimate of drug-likeness (QED) is 0.541. The zero-order chi connectivity index (χ0) is 21.1. The van der Waals surface area contributed by atoms with Crippen molar-refractivity contribution < 1.29 is 4.42 Å². The van der Waals surface area contributed by atoms with Gasteiger partial charge in [0.25, 0.3) is 0 Å². The Morgan fingerprint density at radius 2 is 1.63 bits per heavy atom. The summed E-state index contributed by atoms with van der Waals surface area (Å²) in [5.41, 5.74) is 7.28. The summed E-state index contributed by atoms with van der Waals surface area (Å²) >= 11 is 5.98. The fraction of sp³-hybridized carbons (Fsp3) is 0.615. The summed E-state index contributed by atoms with van der Waals surface area (Å²) in [6.45, 7) is 5.56. The van der Waals surface area contributed by atoms with Crippen LogP contribution in [0.5, 0.6) is 0 Å². The third-order valence-electron chi connectivity index (χ3n) is 7.62. The monoisotopic (exact) mass is 428 g/mol. The van der Waals surface area contributed by atoms with Crippen LogP contribution in [0.15, 0.2) is 40.8 Å². The molecule has 2 aliphatic carbocycles. The minimum absolute atomic E-state index is 0.432. The van der Waals surface area contributed by atoms with E-state index in [9.17, 15) is 0 Å². The van der Waals surface area contributed by atoms with Crippen LogP contribution in [0.1, 0.15) is 64.6 Å². The normalized spacial score (nSPS) is 32.3. The summed E-state index contributed by atoms with van der Waals surface area (Å²) in [5.74, 6) is 5.12. The van der Waals surface area contributed by atoms with Gasteiger partial charge in [0, 0.05) is 22.7 Å². The van der Waals surface area contributed by atoms with E-state index in [4.69, 9.17) is 21.8 Å². The second-order valence-corrected chi connectivity index (χ2v) is 10.4. The molecule has 1 aromatic carbocycles. The minimum atomic E-state index is 0.432. The van der Waals surface area contributed by atoms with E-state index in [1.807, 2.05) is 24.3 Å². The van der Waals surface area contributed by atoms with Gasteiger partial charge in [-0.1, -0.05) is 25.4 Å². The molecule has 0 spiro atoms. The van der Waals surface area contributed by atoms with Gasteiger partial charge in [0.05, 0.1) is 6.54 Å². The molecule has 4 heteroatoms. The van der Waals surface area contributed by atoms with Gasteiger partial charge in [-0.15, -0.1) is 0 Å². The van der Waals surface area contributed by atoms with Crippen LogP contribution in [0.3, 0.4) is 0 Å². The van der Waals surface area contributed by atoms with Crippen LogP contribution in [0.2, 0.25) is 5.02 Å². The largest absolute Gasteiger partial charge is 0.460 e. The fourth-order valence-electron chi connectivity index (χ4n) is 5.72. The Morgan fingerprint density at radius 3 is 2.33 bits per heavy atom. The summed E-state index contributed by atoms with van der Waals surface area (Å²) in [5, 5.41) is 4.52. The maximum atomic E-state index is 6.21. The molecule has 30 heavy (non-hydrogen) atoms. The average Bonchev–Trinajstić information content (AvgIpc) is 3.20. The van der Waals surface area contributed by atoms with Crippen molar-refractivity contribution >= 4 is 11.6 Å². The van der Waals surface area contributed by atoms with Gasteiger partial charge in [0.1, 0.15) is 11.5 Å². The molecule has 2 saturated carbocycles. The molecule has 0 radical (unpaired) electrons. The molecule has 3 N–H and O–H groups in total. The number of furan rings is 1. The Bertz CT molecular complexity index is 802. The van der Waals surface area contributed by atoms with Crippen molar-refractivity contribution in [2.45, 2.75) is 77.4 Å². The molecule has 0 amide bonds. The standard InChI is InChI=1S/C26H37ClN2O/c1-17-13-19(3-10-24(17)28)15-20-4-11-25(18(2)14-20)29-16-23-9-12-26(30-23)21-5-7-22(27)8-6-21/h5-9,12,17-20,24-25,29H,3-4,10-11,13-16,28H2,1-2H3. The summed E-state index contributed by atoms with van der Waals surface area (Å²) in [6.07, 6.45) is 9.29. The van der Waals surface area contributed by atoms with Crippen LogP contribution in [-0.4, -0.2) is 12.1 Å². The number of hydrogen-bond donors (Lipinski definition) is 2. The van der Waals surface area contributed by atoms with Crippen LogP contribution >= 0.6 is 11.6 Å². The van der Waals surface area contributed by atoms with E-state index in [2.05, 4.69) is 31.3 Å². The molecule has 1 aromatic heterocycles. The van der Waals surface area contributed by atoms with E-state index in [1.54, 1.807) is 0 Å². The third-order valence-corrected chi connectivity index (χ3v) is 7.87. The van der Waals surface area contributed by atoms with E-state index < -0.39 is 0 Å². The number of nitrogens with two attached hydrogens (primary N) is 1. The lowest BCUT2D eigenvalue weighted by atomic mass is 9.71. The van der Waals surface area contributed by atoms with Gasteiger partial charge in [-0.25, -0.2) is 0 Å². The Hall–Kier alpha value is -1.29. The van der Waals surface area contributed by atoms with E-state index >= 15 is 0 Å². The minimum Gasteiger partial charge on any atom is -0.460 e. The molecule has 6 atom stereocenters. The van der Waals surface area contributed by atoms with Crippen LogP contribution in [-0.2, 0) is 6.54 Å². The van der Waals surface area contributed by atoms with Crippen molar-refractivity contribution in [3.63, 3.8) is 0 Å². The lowest BCUT2D eigenvalue weighted by Gasteiger charge is -2.38. The highest BCUT2D eigenvalue weighted by Crippen LogP contribution is 2.38. The molecule has 2 fully saturated rings. The van der Waals surface area contributed by atoms with Crippen LogP contribution in [0.25, 0.3) is 11.3 Å². The predicted molar refractivity (Wildman–Crippen MR) is 125 cm³/mol. The second-order valence-electron chi connectivity index (χ2n) is 9.97. The molecule has 2 aromatic rings. The van der Waals surface area contributed by atoms with Gasteiger partial charge >= 0.3 is 0 Å². The first-order valence-electron chi connectivity index (χ1n) is 11.8. The Balaban J connectivity index is 1.23. The number of benzene rings is 1. The number of hydrogen-bond acceptors (Lipinski definition) is 3. The highest BCUT2D eigenvalue weighted by Gasteiger charge is 2.31. The smallest absolute Gasteiger partial charge is 0.134 e. The Kier molecular flexibility index (Phi) is 7.23. The average molecular weight is 429 g/mol. The lowest BCUT2D eigenvalue weighted by Crippen LogP contribution is -2.40. The van der Waals surface area contributed by atoms with Gasteiger partial charge in [-0.2, -0.15) is 0 Å². The van der Waals surface area contributed by atoms with Crippen molar-refractivity contribution in [3.8, 4) is 11.3 Å².